The van der Waals surface area contributed by atoms with Crippen LogP contribution in [-0.4, -0.2) is 36.3 Å². The Morgan fingerprint density at radius 2 is 2.05 bits per heavy atom. The van der Waals surface area contributed by atoms with Crippen molar-refractivity contribution in [3.63, 3.8) is 0 Å². The summed E-state index contributed by atoms with van der Waals surface area (Å²) in [6.07, 6.45) is 1.83. The van der Waals surface area contributed by atoms with E-state index in [9.17, 15) is 9.59 Å². The molecule has 1 heterocycles. The van der Waals surface area contributed by atoms with Crippen LogP contribution >= 0.6 is 15.9 Å². The molecule has 1 fully saturated rings. The number of benzene rings is 1. The third kappa shape index (κ3) is 4.20. The third-order valence-corrected chi connectivity index (χ3v) is 4.51. The number of hydrogen-bond donors (Lipinski definition) is 2. The van der Waals surface area contributed by atoms with E-state index >= 15 is 0 Å². The molecule has 1 aromatic rings. The van der Waals surface area contributed by atoms with E-state index in [1.54, 1.807) is 18.2 Å². The van der Waals surface area contributed by atoms with Crippen molar-refractivity contribution in [1.82, 2.24) is 10.2 Å². The maximum Gasteiger partial charge on any atom is 0.253 e. The second-order valence-electron chi connectivity index (χ2n) is 5.41. The van der Waals surface area contributed by atoms with Crippen molar-refractivity contribution >= 4 is 33.4 Å². The first-order valence-corrected chi connectivity index (χ1v) is 7.85. The number of rotatable bonds is 3. The number of nitrogens with one attached hydrogen (secondary N) is 1. The Labute approximate surface area is 133 Å². The predicted octanol–water partition coefficient (Wildman–Crippen LogP) is 2.02. The predicted molar refractivity (Wildman–Crippen MR) is 85.9 cm³/mol. The molecule has 2 rings (SSSR count). The second-order valence-corrected chi connectivity index (χ2v) is 6.26. The normalized spacial score (nSPS) is 15.8. The molecule has 21 heavy (non-hydrogen) atoms. The minimum Gasteiger partial charge on any atom is -0.398 e. The number of anilines is 1. The van der Waals surface area contributed by atoms with Gasteiger partial charge in [-0.1, -0.05) is 0 Å². The van der Waals surface area contributed by atoms with Gasteiger partial charge in [-0.05, 0) is 52.9 Å². The maximum atomic E-state index is 12.4. The van der Waals surface area contributed by atoms with E-state index in [1.165, 1.54) is 6.92 Å². The molecule has 114 valence electrons. The quantitative estimate of drug-likeness (QED) is 0.816. The van der Waals surface area contributed by atoms with Gasteiger partial charge in [0.15, 0.2) is 0 Å². The Morgan fingerprint density at radius 3 is 2.62 bits per heavy atom. The monoisotopic (exact) mass is 353 g/mol. The van der Waals surface area contributed by atoms with Crippen LogP contribution in [0.3, 0.4) is 0 Å². The van der Waals surface area contributed by atoms with E-state index in [0.29, 0.717) is 23.7 Å². The summed E-state index contributed by atoms with van der Waals surface area (Å²) in [6.45, 7) is 3.66. The van der Waals surface area contributed by atoms with Crippen molar-refractivity contribution in [2.45, 2.75) is 19.8 Å². The topological polar surface area (TPSA) is 75.4 Å². The van der Waals surface area contributed by atoms with E-state index in [0.717, 1.165) is 30.4 Å². The van der Waals surface area contributed by atoms with Crippen molar-refractivity contribution in [2.75, 3.05) is 25.4 Å². The van der Waals surface area contributed by atoms with Gasteiger partial charge in [-0.2, -0.15) is 0 Å². The van der Waals surface area contributed by atoms with Gasteiger partial charge in [-0.25, -0.2) is 0 Å². The zero-order valence-electron chi connectivity index (χ0n) is 12.1. The molecule has 1 aromatic carbocycles. The number of nitrogen functional groups attached to an aromatic ring is 1. The lowest BCUT2D eigenvalue weighted by Crippen LogP contribution is -2.41. The summed E-state index contributed by atoms with van der Waals surface area (Å²) in [5, 5.41) is 2.84. The number of amides is 2. The van der Waals surface area contributed by atoms with Crippen molar-refractivity contribution in [3.05, 3.63) is 28.2 Å². The third-order valence-electron chi connectivity index (χ3n) is 3.78. The van der Waals surface area contributed by atoms with Crippen LogP contribution in [0.2, 0.25) is 0 Å². The molecule has 0 atom stereocenters. The molecule has 0 bridgehead atoms. The second kappa shape index (κ2) is 6.93. The molecule has 0 saturated carbocycles. The van der Waals surface area contributed by atoms with Crippen LogP contribution in [0.25, 0.3) is 0 Å². The average molecular weight is 354 g/mol. The van der Waals surface area contributed by atoms with E-state index in [1.807, 2.05) is 4.90 Å². The summed E-state index contributed by atoms with van der Waals surface area (Å²) in [6, 6.07) is 5.29. The lowest BCUT2D eigenvalue weighted by Gasteiger charge is -2.32. The SMILES string of the molecule is CC(=O)NCC1CCN(C(=O)c2ccc(Br)c(N)c2)CC1. The van der Waals surface area contributed by atoms with Gasteiger partial charge in [0.1, 0.15) is 0 Å². The lowest BCUT2D eigenvalue weighted by molar-refractivity contribution is -0.119. The minimum atomic E-state index is -0.00107. The van der Waals surface area contributed by atoms with E-state index in [2.05, 4.69) is 21.2 Å². The number of piperidine rings is 1. The van der Waals surface area contributed by atoms with Gasteiger partial charge < -0.3 is 16.0 Å². The number of likely N-dealkylation sites (tertiary alicyclic amines) is 1. The first-order chi connectivity index (χ1) is 9.97. The van der Waals surface area contributed by atoms with Crippen LogP contribution in [0, 0.1) is 5.92 Å². The van der Waals surface area contributed by atoms with Gasteiger partial charge in [-0.3, -0.25) is 9.59 Å². The van der Waals surface area contributed by atoms with E-state index in [4.69, 9.17) is 5.73 Å². The fraction of sp³-hybridized carbons (Fsp3) is 0.467. The van der Waals surface area contributed by atoms with Crippen LogP contribution in [0.5, 0.6) is 0 Å². The van der Waals surface area contributed by atoms with E-state index < -0.39 is 0 Å². The van der Waals surface area contributed by atoms with Gasteiger partial charge in [0, 0.05) is 42.3 Å². The molecule has 0 spiro atoms. The highest BCUT2D eigenvalue weighted by Gasteiger charge is 2.23. The molecule has 0 aliphatic carbocycles. The summed E-state index contributed by atoms with van der Waals surface area (Å²) in [5.74, 6) is 0.471. The molecule has 1 aliphatic heterocycles. The zero-order valence-corrected chi connectivity index (χ0v) is 13.6. The van der Waals surface area contributed by atoms with Crippen LogP contribution in [-0.2, 0) is 4.79 Å². The molecule has 6 heteroatoms. The summed E-state index contributed by atoms with van der Waals surface area (Å²) >= 11 is 3.33. The largest absolute Gasteiger partial charge is 0.398 e. The summed E-state index contributed by atoms with van der Waals surface area (Å²) < 4.78 is 0.799. The first-order valence-electron chi connectivity index (χ1n) is 7.06. The molecular weight excluding hydrogens is 334 g/mol. The van der Waals surface area contributed by atoms with Gasteiger partial charge in [0.05, 0.1) is 0 Å². The van der Waals surface area contributed by atoms with Crippen LogP contribution in [0.4, 0.5) is 5.69 Å². The highest BCUT2D eigenvalue weighted by atomic mass is 79.9. The highest BCUT2D eigenvalue weighted by Crippen LogP contribution is 2.23. The summed E-state index contributed by atoms with van der Waals surface area (Å²) in [5.41, 5.74) is 7.01. The highest BCUT2D eigenvalue weighted by molar-refractivity contribution is 9.10. The minimum absolute atomic E-state index is 0.00107. The Kier molecular flexibility index (Phi) is 5.22. The maximum absolute atomic E-state index is 12.4. The molecule has 1 aliphatic rings. The Balaban J connectivity index is 1.90. The van der Waals surface area contributed by atoms with Gasteiger partial charge in [-0.15, -0.1) is 0 Å². The van der Waals surface area contributed by atoms with E-state index in [-0.39, 0.29) is 11.8 Å². The number of nitrogens with two attached hydrogens (primary N) is 1. The molecule has 3 N–H and O–H groups in total. The number of carbonyl (C=O) groups is 2. The fourth-order valence-corrected chi connectivity index (χ4v) is 2.73. The standard InChI is InChI=1S/C15H20BrN3O2/c1-10(20)18-9-11-4-6-19(7-5-11)15(21)12-2-3-13(16)14(17)8-12/h2-3,8,11H,4-7,9,17H2,1H3,(H,18,20). The van der Waals surface area contributed by atoms with Crippen LogP contribution in [0.1, 0.15) is 30.1 Å². The van der Waals surface area contributed by atoms with Crippen molar-refractivity contribution in [3.8, 4) is 0 Å². The molecule has 0 aromatic heterocycles. The lowest BCUT2D eigenvalue weighted by atomic mass is 9.96. The Hall–Kier alpha value is -1.56. The Morgan fingerprint density at radius 1 is 1.38 bits per heavy atom. The molecule has 0 radical (unpaired) electrons. The first kappa shape index (κ1) is 15.8. The van der Waals surface area contributed by atoms with Gasteiger partial charge in [0.25, 0.3) is 5.91 Å². The molecular formula is C15H20BrN3O2. The molecule has 0 unspecified atom stereocenters. The number of carbonyl (C=O) groups excluding carboxylic acids is 2. The van der Waals surface area contributed by atoms with Gasteiger partial charge in [0.2, 0.25) is 5.91 Å². The molecule has 2 amide bonds. The smallest absolute Gasteiger partial charge is 0.253 e. The van der Waals surface area contributed by atoms with Crippen molar-refractivity contribution in [2.24, 2.45) is 5.92 Å². The zero-order chi connectivity index (χ0) is 15.4. The molecule has 5 nitrogen and oxygen atoms in total. The van der Waals surface area contributed by atoms with Crippen LogP contribution in [0.15, 0.2) is 22.7 Å². The number of halogens is 1. The molecule has 1 saturated heterocycles. The fourth-order valence-electron chi connectivity index (χ4n) is 2.49. The number of hydrogen-bond acceptors (Lipinski definition) is 3. The Bertz CT molecular complexity index is 540. The summed E-state index contributed by atoms with van der Waals surface area (Å²) in [7, 11) is 0. The average Bonchev–Trinajstić information content (AvgIpc) is 2.48. The van der Waals surface area contributed by atoms with Crippen LogP contribution < -0.4 is 11.1 Å². The van der Waals surface area contributed by atoms with Gasteiger partial charge >= 0.3 is 0 Å². The van der Waals surface area contributed by atoms with Crippen molar-refractivity contribution < 1.29 is 9.59 Å². The van der Waals surface area contributed by atoms with Crippen molar-refractivity contribution in [1.29, 1.82) is 0 Å². The summed E-state index contributed by atoms with van der Waals surface area (Å²) in [4.78, 5) is 25.2. The number of nitrogens with zero attached hydrogens (tertiary/aromatic N) is 1.